The number of halogens is 1. The number of carboxylic acids is 1. The number of nitrogens with zero attached hydrogens (tertiary/aromatic N) is 1. The van der Waals surface area contributed by atoms with E-state index in [2.05, 4.69) is 0 Å². The summed E-state index contributed by atoms with van der Waals surface area (Å²) >= 11 is 5.86. The quantitative estimate of drug-likeness (QED) is 0.927. The van der Waals surface area contributed by atoms with E-state index in [9.17, 15) is 9.59 Å². The molecule has 1 aromatic carbocycles. The molecule has 1 atom stereocenters. The summed E-state index contributed by atoms with van der Waals surface area (Å²) in [5.74, 6) is -0.892. The van der Waals surface area contributed by atoms with Gasteiger partial charge in [0.05, 0.1) is 5.92 Å². The van der Waals surface area contributed by atoms with Crippen LogP contribution in [0.5, 0.6) is 5.75 Å². The first kappa shape index (κ1) is 15.6. The predicted octanol–water partition coefficient (Wildman–Crippen LogP) is 2.35. The monoisotopic (exact) mass is 311 g/mol. The lowest BCUT2D eigenvalue weighted by Crippen LogP contribution is -2.44. The normalized spacial score (nSPS) is 18.4. The summed E-state index contributed by atoms with van der Waals surface area (Å²) < 4.78 is 5.51. The molecular formula is C15H18ClNO4. The fourth-order valence-corrected chi connectivity index (χ4v) is 2.64. The van der Waals surface area contributed by atoms with Crippen molar-refractivity contribution in [3.63, 3.8) is 0 Å². The molecule has 0 saturated carbocycles. The Bertz CT molecular complexity index is 546. The largest absolute Gasteiger partial charge is 0.483 e. The van der Waals surface area contributed by atoms with Crippen LogP contribution in [0.25, 0.3) is 0 Å². The molecule has 0 radical (unpaired) electrons. The van der Waals surface area contributed by atoms with E-state index in [1.807, 2.05) is 6.92 Å². The van der Waals surface area contributed by atoms with Gasteiger partial charge in [0.1, 0.15) is 5.75 Å². The molecule has 1 N–H and O–H groups in total. The first-order valence-electron chi connectivity index (χ1n) is 6.87. The molecule has 1 amide bonds. The van der Waals surface area contributed by atoms with Crippen molar-refractivity contribution in [2.75, 3.05) is 19.7 Å². The van der Waals surface area contributed by atoms with Gasteiger partial charge in [-0.2, -0.15) is 0 Å². The van der Waals surface area contributed by atoms with Crippen LogP contribution in [0.15, 0.2) is 18.2 Å². The lowest BCUT2D eigenvalue weighted by atomic mass is 9.98. The molecule has 114 valence electrons. The highest BCUT2D eigenvalue weighted by Crippen LogP contribution is 2.22. The van der Waals surface area contributed by atoms with Gasteiger partial charge in [-0.05, 0) is 43.5 Å². The number of ether oxygens (including phenoxy) is 1. The maximum Gasteiger partial charge on any atom is 0.308 e. The SMILES string of the molecule is Cc1cc(Cl)ccc1OCC(=O)N1CCC[C@H](C(=O)O)C1. The number of carbonyl (C=O) groups excluding carboxylic acids is 1. The molecule has 1 aliphatic heterocycles. The molecule has 21 heavy (non-hydrogen) atoms. The predicted molar refractivity (Wildman–Crippen MR) is 78.6 cm³/mol. The Kier molecular flexibility index (Phi) is 5.07. The Balaban J connectivity index is 1.90. The molecule has 1 aliphatic rings. The summed E-state index contributed by atoms with van der Waals surface area (Å²) in [5, 5.41) is 9.64. The summed E-state index contributed by atoms with van der Waals surface area (Å²) in [4.78, 5) is 24.7. The van der Waals surface area contributed by atoms with Gasteiger partial charge in [-0.15, -0.1) is 0 Å². The smallest absolute Gasteiger partial charge is 0.308 e. The van der Waals surface area contributed by atoms with E-state index in [4.69, 9.17) is 21.4 Å². The van der Waals surface area contributed by atoms with E-state index in [1.165, 1.54) is 0 Å². The number of rotatable bonds is 4. The van der Waals surface area contributed by atoms with Crippen LogP contribution in [-0.4, -0.2) is 41.6 Å². The van der Waals surface area contributed by atoms with Crippen molar-refractivity contribution in [2.24, 2.45) is 5.92 Å². The van der Waals surface area contributed by atoms with Crippen molar-refractivity contribution in [3.05, 3.63) is 28.8 Å². The molecule has 5 nitrogen and oxygen atoms in total. The molecule has 2 rings (SSSR count). The second-order valence-corrected chi connectivity index (χ2v) is 5.65. The van der Waals surface area contributed by atoms with Crippen molar-refractivity contribution in [3.8, 4) is 5.75 Å². The second kappa shape index (κ2) is 6.80. The van der Waals surface area contributed by atoms with Gasteiger partial charge in [-0.3, -0.25) is 9.59 Å². The van der Waals surface area contributed by atoms with E-state index in [0.717, 1.165) is 5.56 Å². The number of hydrogen-bond acceptors (Lipinski definition) is 3. The summed E-state index contributed by atoms with van der Waals surface area (Å²) in [6.07, 6.45) is 1.33. The van der Waals surface area contributed by atoms with E-state index in [1.54, 1.807) is 23.1 Å². The zero-order valence-electron chi connectivity index (χ0n) is 11.8. The van der Waals surface area contributed by atoms with Crippen LogP contribution in [0.4, 0.5) is 0 Å². The van der Waals surface area contributed by atoms with Crippen molar-refractivity contribution >= 4 is 23.5 Å². The maximum atomic E-state index is 12.1. The molecule has 1 saturated heterocycles. The molecule has 1 heterocycles. The van der Waals surface area contributed by atoms with Gasteiger partial charge in [0, 0.05) is 18.1 Å². The van der Waals surface area contributed by atoms with Crippen LogP contribution in [0.2, 0.25) is 5.02 Å². The van der Waals surface area contributed by atoms with E-state index in [0.29, 0.717) is 30.2 Å². The Morgan fingerprint density at radius 2 is 2.24 bits per heavy atom. The molecule has 1 aromatic rings. The van der Waals surface area contributed by atoms with E-state index < -0.39 is 11.9 Å². The first-order chi connectivity index (χ1) is 9.97. The minimum absolute atomic E-state index is 0.0885. The highest BCUT2D eigenvalue weighted by molar-refractivity contribution is 6.30. The Hall–Kier alpha value is -1.75. The van der Waals surface area contributed by atoms with Gasteiger partial charge in [-0.1, -0.05) is 11.6 Å². The number of benzene rings is 1. The number of amides is 1. The number of carboxylic acid groups (broad SMARTS) is 1. The van der Waals surface area contributed by atoms with Crippen molar-refractivity contribution in [1.82, 2.24) is 4.90 Å². The zero-order chi connectivity index (χ0) is 15.4. The Labute approximate surface area is 128 Å². The van der Waals surface area contributed by atoms with Gasteiger partial charge in [0.25, 0.3) is 5.91 Å². The maximum absolute atomic E-state index is 12.1. The molecule has 6 heteroatoms. The van der Waals surface area contributed by atoms with E-state index >= 15 is 0 Å². The van der Waals surface area contributed by atoms with Gasteiger partial charge >= 0.3 is 5.97 Å². The summed E-state index contributed by atoms with van der Waals surface area (Å²) in [7, 11) is 0. The van der Waals surface area contributed by atoms with Gasteiger partial charge < -0.3 is 14.7 Å². The average Bonchev–Trinajstić information content (AvgIpc) is 2.46. The molecule has 0 unspecified atom stereocenters. The van der Waals surface area contributed by atoms with Gasteiger partial charge in [-0.25, -0.2) is 0 Å². The first-order valence-corrected chi connectivity index (χ1v) is 7.24. The molecular weight excluding hydrogens is 294 g/mol. The van der Waals surface area contributed by atoms with Gasteiger partial charge in [0.15, 0.2) is 6.61 Å². The molecule has 0 spiro atoms. The van der Waals surface area contributed by atoms with Crippen molar-refractivity contribution < 1.29 is 19.4 Å². The number of likely N-dealkylation sites (tertiary alicyclic amines) is 1. The minimum Gasteiger partial charge on any atom is -0.483 e. The number of hydrogen-bond donors (Lipinski definition) is 1. The van der Waals surface area contributed by atoms with Crippen molar-refractivity contribution in [1.29, 1.82) is 0 Å². The van der Waals surface area contributed by atoms with E-state index in [-0.39, 0.29) is 19.1 Å². The Morgan fingerprint density at radius 3 is 2.90 bits per heavy atom. The minimum atomic E-state index is -0.845. The van der Waals surface area contributed by atoms with Crippen LogP contribution in [0.3, 0.4) is 0 Å². The Morgan fingerprint density at radius 1 is 1.48 bits per heavy atom. The third-order valence-electron chi connectivity index (χ3n) is 3.61. The molecule has 0 aromatic heterocycles. The molecule has 1 fully saturated rings. The fraction of sp³-hybridized carbons (Fsp3) is 0.467. The number of carbonyl (C=O) groups is 2. The summed E-state index contributed by atoms with van der Waals surface area (Å²) in [6.45, 7) is 2.62. The topological polar surface area (TPSA) is 66.8 Å². The highest BCUT2D eigenvalue weighted by Gasteiger charge is 2.28. The second-order valence-electron chi connectivity index (χ2n) is 5.22. The van der Waals surface area contributed by atoms with Crippen LogP contribution in [0.1, 0.15) is 18.4 Å². The molecule has 0 aliphatic carbocycles. The zero-order valence-corrected chi connectivity index (χ0v) is 12.6. The number of aryl methyl sites for hydroxylation is 1. The van der Waals surface area contributed by atoms with Crippen LogP contribution >= 0.6 is 11.6 Å². The third kappa shape index (κ3) is 4.11. The lowest BCUT2D eigenvalue weighted by Gasteiger charge is -2.30. The number of piperidine rings is 1. The summed E-state index contributed by atoms with van der Waals surface area (Å²) in [6, 6.07) is 5.19. The van der Waals surface area contributed by atoms with Gasteiger partial charge in [0.2, 0.25) is 0 Å². The van der Waals surface area contributed by atoms with Crippen LogP contribution in [0, 0.1) is 12.8 Å². The van der Waals surface area contributed by atoms with Crippen LogP contribution < -0.4 is 4.74 Å². The standard InChI is InChI=1S/C15H18ClNO4/c1-10-7-12(16)4-5-13(10)21-9-14(18)17-6-2-3-11(8-17)15(19)20/h4-5,7,11H,2-3,6,8-9H2,1H3,(H,19,20)/t11-/m0/s1. The average molecular weight is 312 g/mol. The third-order valence-corrected chi connectivity index (χ3v) is 3.85. The van der Waals surface area contributed by atoms with Crippen molar-refractivity contribution in [2.45, 2.75) is 19.8 Å². The highest BCUT2D eigenvalue weighted by atomic mass is 35.5. The van der Waals surface area contributed by atoms with Crippen LogP contribution in [-0.2, 0) is 9.59 Å². The number of aliphatic carboxylic acids is 1. The lowest BCUT2D eigenvalue weighted by molar-refractivity contribution is -0.146. The summed E-state index contributed by atoms with van der Waals surface area (Å²) in [5.41, 5.74) is 0.859. The fourth-order valence-electron chi connectivity index (χ4n) is 2.41. The molecule has 0 bridgehead atoms.